The van der Waals surface area contributed by atoms with Gasteiger partial charge in [-0.25, -0.2) is 4.98 Å². The first-order chi connectivity index (χ1) is 9.38. The molecule has 1 amide bonds. The molecule has 0 aliphatic carbocycles. The predicted molar refractivity (Wildman–Crippen MR) is 65.6 cm³/mol. The molecule has 0 saturated heterocycles. The maximum absolute atomic E-state index is 12.7. The number of hydrogen-bond donors (Lipinski definition) is 3. The molecule has 8 heteroatoms. The summed E-state index contributed by atoms with van der Waals surface area (Å²) in [5.74, 6) is -0.128. The Labute approximate surface area is 112 Å². The van der Waals surface area contributed by atoms with E-state index in [1.807, 2.05) is 0 Å². The van der Waals surface area contributed by atoms with Crippen LogP contribution in [0.1, 0.15) is 21.7 Å². The lowest BCUT2D eigenvalue weighted by molar-refractivity contribution is -0.136. The van der Waals surface area contributed by atoms with E-state index in [9.17, 15) is 18.0 Å². The Bertz CT molecular complexity index is 608. The van der Waals surface area contributed by atoms with Crippen molar-refractivity contribution in [1.82, 2.24) is 15.3 Å². The van der Waals surface area contributed by atoms with E-state index in [0.29, 0.717) is 5.82 Å². The van der Waals surface area contributed by atoms with E-state index in [1.54, 1.807) is 6.20 Å². The Morgan fingerprint density at radius 3 is 2.75 bits per heavy atom. The molecule has 4 N–H and O–H groups in total. The van der Waals surface area contributed by atoms with Crippen LogP contribution in [0.15, 0.2) is 30.6 Å². The van der Waals surface area contributed by atoms with E-state index in [1.165, 1.54) is 12.3 Å². The molecule has 1 aromatic heterocycles. The molecule has 0 aliphatic heterocycles. The average molecular weight is 284 g/mol. The van der Waals surface area contributed by atoms with Gasteiger partial charge in [0.15, 0.2) is 0 Å². The van der Waals surface area contributed by atoms with Crippen molar-refractivity contribution in [3.63, 3.8) is 0 Å². The van der Waals surface area contributed by atoms with Crippen molar-refractivity contribution < 1.29 is 18.0 Å². The minimum Gasteiger partial charge on any atom is -0.398 e. The number of amides is 1. The molecule has 20 heavy (non-hydrogen) atoms. The van der Waals surface area contributed by atoms with E-state index < -0.39 is 23.3 Å². The summed E-state index contributed by atoms with van der Waals surface area (Å²) < 4.78 is 38.0. The number of aromatic nitrogens is 2. The van der Waals surface area contributed by atoms with E-state index >= 15 is 0 Å². The Morgan fingerprint density at radius 1 is 1.40 bits per heavy atom. The zero-order valence-corrected chi connectivity index (χ0v) is 10.2. The molecule has 5 nitrogen and oxygen atoms in total. The number of anilines is 1. The Balaban J connectivity index is 2.14. The van der Waals surface area contributed by atoms with Crippen LogP contribution in [0, 0.1) is 0 Å². The number of hydrogen-bond acceptors (Lipinski definition) is 3. The molecule has 2 rings (SSSR count). The van der Waals surface area contributed by atoms with Gasteiger partial charge in [0.05, 0.1) is 12.1 Å². The van der Waals surface area contributed by atoms with E-state index in [4.69, 9.17) is 5.73 Å². The maximum atomic E-state index is 12.7. The second-order valence-corrected chi connectivity index (χ2v) is 4.02. The first-order valence-electron chi connectivity index (χ1n) is 5.61. The second-order valence-electron chi connectivity index (χ2n) is 4.02. The number of carbonyl (C=O) groups is 1. The van der Waals surface area contributed by atoms with Crippen LogP contribution < -0.4 is 11.1 Å². The van der Waals surface area contributed by atoms with Crippen molar-refractivity contribution in [2.45, 2.75) is 12.7 Å². The zero-order chi connectivity index (χ0) is 14.8. The monoisotopic (exact) mass is 284 g/mol. The maximum Gasteiger partial charge on any atom is 0.418 e. The van der Waals surface area contributed by atoms with Crippen LogP contribution in [-0.2, 0) is 12.7 Å². The molecule has 0 aliphatic rings. The average Bonchev–Trinajstić information content (AvgIpc) is 2.88. The molecule has 2 aromatic rings. The molecule has 106 valence electrons. The van der Waals surface area contributed by atoms with Crippen molar-refractivity contribution in [1.29, 1.82) is 0 Å². The van der Waals surface area contributed by atoms with Crippen LogP contribution in [-0.4, -0.2) is 15.9 Å². The number of alkyl halides is 3. The standard InChI is InChI=1S/C12H11F3N4O/c13-12(14,15)8-5-7(1-2-9(8)16)11(20)19-6-10-17-3-4-18-10/h1-5H,6,16H2,(H,17,18)(H,19,20). The van der Waals surface area contributed by atoms with Crippen molar-refractivity contribution in [3.05, 3.63) is 47.5 Å². The number of carbonyl (C=O) groups excluding carboxylic acids is 1. The SMILES string of the molecule is Nc1ccc(C(=O)NCc2ncc[nH]2)cc1C(F)(F)F. The molecule has 0 unspecified atom stereocenters. The molecule has 1 aromatic carbocycles. The smallest absolute Gasteiger partial charge is 0.398 e. The fourth-order valence-electron chi connectivity index (χ4n) is 1.60. The molecular weight excluding hydrogens is 273 g/mol. The number of H-pyrrole nitrogens is 1. The number of halogens is 3. The predicted octanol–water partition coefficient (Wildman–Crippen LogP) is 1.94. The van der Waals surface area contributed by atoms with Crippen LogP contribution in [0.3, 0.4) is 0 Å². The highest BCUT2D eigenvalue weighted by Crippen LogP contribution is 2.33. The van der Waals surface area contributed by atoms with Gasteiger partial charge in [-0.2, -0.15) is 13.2 Å². The summed E-state index contributed by atoms with van der Waals surface area (Å²) in [5, 5.41) is 2.46. The molecular formula is C12H11F3N4O. The largest absolute Gasteiger partial charge is 0.418 e. The second kappa shape index (κ2) is 5.24. The lowest BCUT2D eigenvalue weighted by Gasteiger charge is -2.11. The van der Waals surface area contributed by atoms with Gasteiger partial charge in [-0.1, -0.05) is 0 Å². The van der Waals surface area contributed by atoms with E-state index in [0.717, 1.165) is 12.1 Å². The summed E-state index contributed by atoms with van der Waals surface area (Å²) in [6.07, 6.45) is -1.51. The number of nitrogens with zero attached hydrogens (tertiary/aromatic N) is 1. The molecule has 0 radical (unpaired) electrons. The van der Waals surface area contributed by atoms with Crippen LogP contribution in [0.25, 0.3) is 0 Å². The van der Waals surface area contributed by atoms with Gasteiger partial charge in [0.25, 0.3) is 5.91 Å². The lowest BCUT2D eigenvalue weighted by Crippen LogP contribution is -2.24. The van der Waals surface area contributed by atoms with Gasteiger partial charge in [-0.05, 0) is 18.2 Å². The highest BCUT2D eigenvalue weighted by Gasteiger charge is 2.33. The number of nitrogens with one attached hydrogen (secondary N) is 2. The molecule has 0 bridgehead atoms. The first-order valence-corrected chi connectivity index (χ1v) is 5.61. The molecule has 0 spiro atoms. The Hall–Kier alpha value is -2.51. The number of imidazole rings is 1. The number of rotatable bonds is 3. The number of nitrogens with two attached hydrogens (primary N) is 1. The normalized spacial score (nSPS) is 11.3. The van der Waals surface area contributed by atoms with E-state index in [2.05, 4.69) is 15.3 Å². The van der Waals surface area contributed by atoms with Gasteiger partial charge in [0.2, 0.25) is 0 Å². The fourth-order valence-corrected chi connectivity index (χ4v) is 1.60. The van der Waals surface area contributed by atoms with Crippen molar-refractivity contribution in [3.8, 4) is 0 Å². The van der Waals surface area contributed by atoms with Crippen LogP contribution in [0.4, 0.5) is 18.9 Å². The number of aromatic amines is 1. The molecule has 0 atom stereocenters. The summed E-state index contributed by atoms with van der Waals surface area (Å²) in [4.78, 5) is 18.4. The highest BCUT2D eigenvalue weighted by molar-refractivity contribution is 5.94. The Morgan fingerprint density at radius 2 is 2.15 bits per heavy atom. The topological polar surface area (TPSA) is 83.8 Å². The van der Waals surface area contributed by atoms with Crippen LogP contribution >= 0.6 is 0 Å². The van der Waals surface area contributed by atoms with Crippen LogP contribution in [0.2, 0.25) is 0 Å². The third kappa shape index (κ3) is 3.08. The minimum atomic E-state index is -4.60. The summed E-state index contributed by atoms with van der Waals surface area (Å²) >= 11 is 0. The number of nitrogen functional groups attached to an aromatic ring is 1. The van der Waals surface area contributed by atoms with Gasteiger partial charge in [0, 0.05) is 23.6 Å². The van der Waals surface area contributed by atoms with Crippen molar-refractivity contribution in [2.24, 2.45) is 0 Å². The van der Waals surface area contributed by atoms with Gasteiger partial charge >= 0.3 is 6.18 Å². The molecule has 0 fully saturated rings. The fraction of sp³-hybridized carbons (Fsp3) is 0.167. The summed E-state index contributed by atoms with van der Waals surface area (Å²) in [6, 6.07) is 3.03. The summed E-state index contributed by atoms with van der Waals surface area (Å²) in [7, 11) is 0. The number of benzene rings is 1. The van der Waals surface area contributed by atoms with Gasteiger partial charge in [-0.3, -0.25) is 4.79 Å². The lowest BCUT2D eigenvalue weighted by atomic mass is 10.1. The third-order valence-corrected chi connectivity index (χ3v) is 2.59. The van der Waals surface area contributed by atoms with Crippen LogP contribution in [0.5, 0.6) is 0 Å². The van der Waals surface area contributed by atoms with Gasteiger partial charge in [0.1, 0.15) is 5.82 Å². The van der Waals surface area contributed by atoms with E-state index in [-0.39, 0.29) is 12.1 Å². The summed E-state index contributed by atoms with van der Waals surface area (Å²) in [6.45, 7) is 0.0948. The first kappa shape index (κ1) is 13.9. The quantitative estimate of drug-likeness (QED) is 0.753. The van der Waals surface area contributed by atoms with Crippen molar-refractivity contribution >= 4 is 11.6 Å². The van der Waals surface area contributed by atoms with Crippen molar-refractivity contribution in [2.75, 3.05) is 5.73 Å². The summed E-state index contributed by atoms with van der Waals surface area (Å²) in [5.41, 5.74) is 3.71. The molecule has 1 heterocycles. The highest BCUT2D eigenvalue weighted by atomic mass is 19.4. The minimum absolute atomic E-state index is 0.0948. The van der Waals surface area contributed by atoms with Gasteiger partial charge < -0.3 is 16.0 Å². The third-order valence-electron chi connectivity index (χ3n) is 2.59. The van der Waals surface area contributed by atoms with Gasteiger partial charge in [-0.15, -0.1) is 0 Å². The molecule has 0 saturated carbocycles. The Kier molecular flexibility index (Phi) is 3.64. The zero-order valence-electron chi connectivity index (χ0n) is 10.2.